The van der Waals surface area contributed by atoms with E-state index in [1.807, 2.05) is 0 Å². The fraction of sp³-hybridized carbons (Fsp3) is 0.333. The van der Waals surface area contributed by atoms with Gasteiger partial charge in [0.1, 0.15) is 9.84 Å². The lowest BCUT2D eigenvalue weighted by Gasteiger charge is -2.05. The van der Waals surface area contributed by atoms with Crippen LogP contribution in [0.3, 0.4) is 0 Å². The van der Waals surface area contributed by atoms with Gasteiger partial charge in [0, 0.05) is 25.2 Å². The van der Waals surface area contributed by atoms with Crippen LogP contribution in [-0.2, 0) is 9.84 Å². The number of halogens is 1. The van der Waals surface area contributed by atoms with E-state index < -0.39 is 15.7 Å². The molecular formula is C9H11ClN2O3S. The van der Waals surface area contributed by atoms with Gasteiger partial charge in [-0.2, -0.15) is 0 Å². The molecule has 1 heterocycles. The van der Waals surface area contributed by atoms with Gasteiger partial charge < -0.3 is 5.32 Å². The maximum absolute atomic E-state index is 11.5. The summed E-state index contributed by atoms with van der Waals surface area (Å²) < 4.78 is 21.7. The standard InChI is InChI=1S/C9H11ClN2O3S/c1-16(14,15)5-4-12-9(13)7-6-11-3-2-8(7)10/h2-3,6H,4-5H2,1H3,(H,12,13). The fourth-order valence-corrected chi connectivity index (χ4v) is 1.65. The quantitative estimate of drug-likeness (QED) is 0.858. The second-order valence-electron chi connectivity index (χ2n) is 3.24. The van der Waals surface area contributed by atoms with E-state index in [1.54, 1.807) is 0 Å². The van der Waals surface area contributed by atoms with Crippen molar-refractivity contribution < 1.29 is 13.2 Å². The maximum atomic E-state index is 11.5. The average molecular weight is 263 g/mol. The van der Waals surface area contributed by atoms with Crippen molar-refractivity contribution in [3.05, 3.63) is 29.0 Å². The van der Waals surface area contributed by atoms with Gasteiger partial charge >= 0.3 is 0 Å². The van der Waals surface area contributed by atoms with Gasteiger partial charge in [-0.15, -0.1) is 0 Å². The molecule has 1 aromatic rings. The molecule has 5 nitrogen and oxygen atoms in total. The first-order valence-electron chi connectivity index (χ1n) is 4.45. The smallest absolute Gasteiger partial charge is 0.254 e. The molecule has 0 aliphatic heterocycles. The van der Waals surface area contributed by atoms with E-state index >= 15 is 0 Å². The molecule has 0 atom stereocenters. The Kier molecular flexibility index (Phi) is 4.26. The molecule has 88 valence electrons. The zero-order valence-electron chi connectivity index (χ0n) is 8.60. The fourth-order valence-electron chi connectivity index (χ4n) is 0.990. The molecule has 0 unspecified atom stereocenters. The molecule has 7 heteroatoms. The normalized spacial score (nSPS) is 11.1. The minimum atomic E-state index is -3.08. The van der Waals surface area contributed by atoms with Crippen molar-refractivity contribution in [2.75, 3.05) is 18.6 Å². The SMILES string of the molecule is CS(=O)(=O)CCNC(=O)c1cnccc1Cl. The Labute approximate surface area is 98.8 Å². The minimum Gasteiger partial charge on any atom is -0.351 e. The molecule has 0 aliphatic carbocycles. The number of carbonyl (C=O) groups is 1. The van der Waals surface area contributed by atoms with Gasteiger partial charge in [0.2, 0.25) is 0 Å². The predicted molar refractivity (Wildman–Crippen MR) is 61.3 cm³/mol. The zero-order valence-corrected chi connectivity index (χ0v) is 10.2. The highest BCUT2D eigenvalue weighted by atomic mass is 35.5. The number of aromatic nitrogens is 1. The largest absolute Gasteiger partial charge is 0.351 e. The molecule has 1 aromatic heterocycles. The first-order valence-corrected chi connectivity index (χ1v) is 6.89. The average Bonchev–Trinajstić information content (AvgIpc) is 2.16. The second-order valence-corrected chi connectivity index (χ2v) is 5.91. The summed E-state index contributed by atoms with van der Waals surface area (Å²) in [7, 11) is -3.08. The highest BCUT2D eigenvalue weighted by Crippen LogP contribution is 2.12. The Morgan fingerprint density at radius 3 is 2.81 bits per heavy atom. The molecule has 0 radical (unpaired) electrons. The first kappa shape index (κ1) is 12.9. The maximum Gasteiger partial charge on any atom is 0.254 e. The number of nitrogens with zero attached hydrogens (tertiary/aromatic N) is 1. The van der Waals surface area contributed by atoms with E-state index in [-0.39, 0.29) is 22.9 Å². The lowest BCUT2D eigenvalue weighted by molar-refractivity contribution is 0.0956. The number of sulfone groups is 1. The van der Waals surface area contributed by atoms with E-state index in [9.17, 15) is 13.2 Å². The number of carbonyl (C=O) groups excluding carboxylic acids is 1. The molecular weight excluding hydrogens is 252 g/mol. The van der Waals surface area contributed by atoms with Crippen molar-refractivity contribution in [1.82, 2.24) is 10.3 Å². The lowest BCUT2D eigenvalue weighted by Crippen LogP contribution is -2.29. The van der Waals surface area contributed by atoms with E-state index in [0.29, 0.717) is 0 Å². The van der Waals surface area contributed by atoms with Crippen LogP contribution in [0.2, 0.25) is 5.02 Å². The molecule has 0 fully saturated rings. The Bertz CT molecular complexity index is 487. The molecule has 1 N–H and O–H groups in total. The number of rotatable bonds is 4. The van der Waals surface area contributed by atoms with Gasteiger partial charge in [0.05, 0.1) is 16.3 Å². The molecule has 0 aromatic carbocycles. The Morgan fingerprint density at radius 2 is 2.25 bits per heavy atom. The van der Waals surface area contributed by atoms with Crippen molar-refractivity contribution in [3.63, 3.8) is 0 Å². The van der Waals surface area contributed by atoms with Crippen molar-refractivity contribution in [3.8, 4) is 0 Å². The molecule has 16 heavy (non-hydrogen) atoms. The van der Waals surface area contributed by atoms with Crippen molar-refractivity contribution in [2.45, 2.75) is 0 Å². The molecule has 1 rings (SSSR count). The summed E-state index contributed by atoms with van der Waals surface area (Å²) in [6.07, 6.45) is 3.91. The van der Waals surface area contributed by atoms with Crippen molar-refractivity contribution in [1.29, 1.82) is 0 Å². The summed E-state index contributed by atoms with van der Waals surface area (Å²) >= 11 is 5.77. The monoisotopic (exact) mass is 262 g/mol. The Balaban J connectivity index is 2.57. The van der Waals surface area contributed by atoms with E-state index in [1.165, 1.54) is 18.5 Å². The summed E-state index contributed by atoms with van der Waals surface area (Å²) in [5.74, 6) is -0.530. The number of amides is 1. The highest BCUT2D eigenvalue weighted by Gasteiger charge is 2.10. The molecule has 0 aliphatic rings. The van der Waals surface area contributed by atoms with Crippen LogP contribution < -0.4 is 5.32 Å². The van der Waals surface area contributed by atoms with Crippen LogP contribution in [0.5, 0.6) is 0 Å². The lowest BCUT2D eigenvalue weighted by atomic mass is 10.2. The third-order valence-electron chi connectivity index (χ3n) is 1.77. The van der Waals surface area contributed by atoms with Gasteiger partial charge in [0.25, 0.3) is 5.91 Å². The number of hydrogen-bond acceptors (Lipinski definition) is 4. The minimum absolute atomic E-state index is 0.0584. The van der Waals surface area contributed by atoms with E-state index in [0.717, 1.165) is 6.26 Å². The predicted octanol–water partition coefficient (Wildman–Crippen LogP) is 0.509. The van der Waals surface area contributed by atoms with Crippen LogP contribution >= 0.6 is 11.6 Å². The summed E-state index contributed by atoms with van der Waals surface area (Å²) in [5.41, 5.74) is 0.234. The van der Waals surface area contributed by atoms with Crippen LogP contribution in [0.25, 0.3) is 0 Å². The summed E-state index contributed by atoms with van der Waals surface area (Å²) in [6, 6.07) is 1.49. The topological polar surface area (TPSA) is 76.1 Å². The Morgan fingerprint density at radius 1 is 1.56 bits per heavy atom. The highest BCUT2D eigenvalue weighted by molar-refractivity contribution is 7.90. The van der Waals surface area contributed by atoms with Crippen LogP contribution in [-0.4, -0.2) is 37.9 Å². The van der Waals surface area contributed by atoms with Gasteiger partial charge in [-0.25, -0.2) is 8.42 Å². The second kappa shape index (κ2) is 5.27. The van der Waals surface area contributed by atoms with Crippen LogP contribution in [0.1, 0.15) is 10.4 Å². The van der Waals surface area contributed by atoms with Gasteiger partial charge in [-0.05, 0) is 6.07 Å². The Hall–Kier alpha value is -1.14. The molecule has 0 saturated heterocycles. The van der Waals surface area contributed by atoms with Crippen molar-refractivity contribution in [2.24, 2.45) is 0 Å². The number of pyridine rings is 1. The molecule has 0 bridgehead atoms. The summed E-state index contributed by atoms with van der Waals surface area (Å²) in [4.78, 5) is 15.3. The summed E-state index contributed by atoms with van der Waals surface area (Å²) in [5, 5.41) is 2.74. The van der Waals surface area contributed by atoms with Crippen LogP contribution in [0, 0.1) is 0 Å². The molecule has 0 saturated carbocycles. The van der Waals surface area contributed by atoms with Crippen molar-refractivity contribution >= 4 is 27.3 Å². The van der Waals surface area contributed by atoms with Gasteiger partial charge in [-0.1, -0.05) is 11.6 Å². The first-order chi connectivity index (χ1) is 7.40. The van der Waals surface area contributed by atoms with Crippen LogP contribution in [0.15, 0.2) is 18.5 Å². The van der Waals surface area contributed by atoms with Gasteiger partial charge in [-0.3, -0.25) is 9.78 Å². The molecule has 1 amide bonds. The zero-order chi connectivity index (χ0) is 12.2. The van der Waals surface area contributed by atoms with Gasteiger partial charge in [0.15, 0.2) is 0 Å². The molecule has 0 spiro atoms. The van der Waals surface area contributed by atoms with E-state index in [2.05, 4.69) is 10.3 Å². The third-order valence-corrected chi connectivity index (χ3v) is 3.05. The third kappa shape index (κ3) is 4.16. The van der Waals surface area contributed by atoms with Crippen LogP contribution in [0.4, 0.5) is 0 Å². The number of hydrogen-bond donors (Lipinski definition) is 1. The number of nitrogens with one attached hydrogen (secondary N) is 1. The van der Waals surface area contributed by atoms with E-state index in [4.69, 9.17) is 11.6 Å². The summed E-state index contributed by atoms with van der Waals surface area (Å²) in [6.45, 7) is 0.0584.